The number of aryl methyl sites for hydroxylation is 2. The van der Waals surface area contributed by atoms with Crippen LogP contribution in [-0.2, 0) is 4.74 Å². The number of rotatable bonds is 4. The van der Waals surface area contributed by atoms with Crippen molar-refractivity contribution in [2.75, 3.05) is 32.8 Å². The first-order valence-corrected chi connectivity index (χ1v) is 7.75. The van der Waals surface area contributed by atoms with Crippen molar-refractivity contribution >= 4 is 0 Å². The minimum Gasteiger partial charge on any atom is -0.487 e. The lowest BCUT2D eigenvalue weighted by molar-refractivity contribution is -0.0175. The van der Waals surface area contributed by atoms with Crippen LogP contribution in [-0.4, -0.2) is 43.9 Å². The zero-order chi connectivity index (χ0) is 13.9. The standard InChI is InChI=1S/C17H25NO2/c1-13-5-3-6-14(2)17(13)20-16-10-18(11-16)9-15-7-4-8-19-12-15/h3,5-6,15-16H,4,7-12H2,1-2H3/t15-/m0/s1. The third kappa shape index (κ3) is 3.15. The highest BCUT2D eigenvalue weighted by Crippen LogP contribution is 2.26. The van der Waals surface area contributed by atoms with E-state index in [2.05, 4.69) is 36.9 Å². The van der Waals surface area contributed by atoms with Gasteiger partial charge in [0.25, 0.3) is 0 Å². The summed E-state index contributed by atoms with van der Waals surface area (Å²) in [6.45, 7) is 9.44. The minimum atomic E-state index is 0.360. The molecule has 20 heavy (non-hydrogen) atoms. The number of likely N-dealkylation sites (tertiary alicyclic amines) is 1. The number of ether oxygens (including phenoxy) is 2. The van der Waals surface area contributed by atoms with E-state index in [-0.39, 0.29) is 0 Å². The molecule has 3 nitrogen and oxygen atoms in total. The zero-order valence-electron chi connectivity index (χ0n) is 12.6. The topological polar surface area (TPSA) is 21.7 Å². The lowest BCUT2D eigenvalue weighted by atomic mass is 9.99. The van der Waals surface area contributed by atoms with E-state index in [0.717, 1.165) is 38.0 Å². The van der Waals surface area contributed by atoms with E-state index in [0.29, 0.717) is 6.10 Å². The van der Waals surface area contributed by atoms with Gasteiger partial charge in [0.05, 0.1) is 6.61 Å². The summed E-state index contributed by atoms with van der Waals surface area (Å²) in [4.78, 5) is 2.50. The van der Waals surface area contributed by atoms with Gasteiger partial charge in [-0.25, -0.2) is 0 Å². The van der Waals surface area contributed by atoms with Gasteiger partial charge in [-0.1, -0.05) is 18.2 Å². The summed E-state index contributed by atoms with van der Waals surface area (Å²) in [5.41, 5.74) is 2.48. The van der Waals surface area contributed by atoms with Gasteiger partial charge in [-0.3, -0.25) is 4.90 Å². The molecule has 110 valence electrons. The van der Waals surface area contributed by atoms with E-state index in [9.17, 15) is 0 Å². The van der Waals surface area contributed by atoms with Crippen LogP contribution >= 0.6 is 0 Å². The van der Waals surface area contributed by atoms with Crippen LogP contribution in [0.15, 0.2) is 18.2 Å². The third-order valence-corrected chi connectivity index (χ3v) is 4.39. The number of benzene rings is 1. The SMILES string of the molecule is Cc1cccc(C)c1OC1CN(C[C@@H]2CCCOC2)C1. The molecule has 0 bridgehead atoms. The van der Waals surface area contributed by atoms with E-state index >= 15 is 0 Å². The van der Waals surface area contributed by atoms with Crippen molar-refractivity contribution in [3.8, 4) is 5.75 Å². The van der Waals surface area contributed by atoms with E-state index in [1.807, 2.05) is 0 Å². The zero-order valence-corrected chi connectivity index (χ0v) is 12.6. The Labute approximate surface area is 121 Å². The van der Waals surface area contributed by atoms with Crippen LogP contribution in [0, 0.1) is 19.8 Å². The fourth-order valence-electron chi connectivity index (χ4n) is 3.21. The van der Waals surface area contributed by atoms with Crippen LogP contribution in [0.4, 0.5) is 0 Å². The molecular formula is C17H25NO2. The third-order valence-electron chi connectivity index (χ3n) is 4.39. The molecule has 2 aliphatic rings. The summed E-state index contributed by atoms with van der Waals surface area (Å²) in [7, 11) is 0. The Balaban J connectivity index is 1.46. The Morgan fingerprint density at radius 2 is 2.00 bits per heavy atom. The molecule has 2 saturated heterocycles. The van der Waals surface area contributed by atoms with E-state index in [1.165, 1.54) is 30.5 Å². The maximum Gasteiger partial charge on any atom is 0.125 e. The summed E-state index contributed by atoms with van der Waals surface area (Å²) in [6.07, 6.45) is 2.90. The first-order valence-electron chi connectivity index (χ1n) is 7.75. The molecule has 2 fully saturated rings. The number of nitrogens with zero attached hydrogens (tertiary/aromatic N) is 1. The van der Waals surface area contributed by atoms with Crippen molar-refractivity contribution < 1.29 is 9.47 Å². The lowest BCUT2D eigenvalue weighted by Gasteiger charge is -2.41. The Hall–Kier alpha value is -1.06. The molecule has 1 aromatic carbocycles. The van der Waals surface area contributed by atoms with Gasteiger partial charge in [-0.2, -0.15) is 0 Å². The number of hydrogen-bond donors (Lipinski definition) is 0. The lowest BCUT2D eigenvalue weighted by Crippen LogP contribution is -2.55. The molecule has 0 aromatic heterocycles. The highest BCUT2D eigenvalue weighted by molar-refractivity contribution is 5.40. The Kier molecular flexibility index (Phi) is 4.27. The first kappa shape index (κ1) is 13.9. The van der Waals surface area contributed by atoms with Gasteiger partial charge in [0.15, 0.2) is 0 Å². The highest BCUT2D eigenvalue weighted by atomic mass is 16.5. The highest BCUT2D eigenvalue weighted by Gasteiger charge is 2.31. The number of hydrogen-bond acceptors (Lipinski definition) is 3. The second-order valence-corrected chi connectivity index (χ2v) is 6.26. The van der Waals surface area contributed by atoms with Crippen LogP contribution in [0.2, 0.25) is 0 Å². The summed E-state index contributed by atoms with van der Waals surface area (Å²) in [5.74, 6) is 1.81. The van der Waals surface area contributed by atoms with Crippen LogP contribution in [0.3, 0.4) is 0 Å². The summed E-state index contributed by atoms with van der Waals surface area (Å²) < 4.78 is 11.7. The van der Waals surface area contributed by atoms with Crippen molar-refractivity contribution in [2.45, 2.75) is 32.8 Å². The molecular weight excluding hydrogens is 250 g/mol. The fraction of sp³-hybridized carbons (Fsp3) is 0.647. The minimum absolute atomic E-state index is 0.360. The van der Waals surface area contributed by atoms with Gasteiger partial charge in [0.2, 0.25) is 0 Å². The smallest absolute Gasteiger partial charge is 0.125 e. The van der Waals surface area contributed by atoms with E-state index in [4.69, 9.17) is 9.47 Å². The predicted octanol–water partition coefficient (Wildman–Crippen LogP) is 2.79. The molecule has 1 atom stereocenters. The number of para-hydroxylation sites is 1. The Morgan fingerprint density at radius 1 is 1.25 bits per heavy atom. The second-order valence-electron chi connectivity index (χ2n) is 6.26. The second kappa shape index (κ2) is 6.15. The van der Waals surface area contributed by atoms with Crippen LogP contribution in [0.5, 0.6) is 5.75 Å². The molecule has 2 heterocycles. The van der Waals surface area contributed by atoms with Crippen molar-refractivity contribution in [2.24, 2.45) is 5.92 Å². The van der Waals surface area contributed by atoms with Gasteiger partial charge >= 0.3 is 0 Å². The molecule has 0 amide bonds. The van der Waals surface area contributed by atoms with E-state index < -0.39 is 0 Å². The Morgan fingerprint density at radius 3 is 2.65 bits per heavy atom. The van der Waals surface area contributed by atoms with Gasteiger partial charge in [0, 0.05) is 26.2 Å². The van der Waals surface area contributed by atoms with Crippen molar-refractivity contribution in [1.82, 2.24) is 4.90 Å². The van der Waals surface area contributed by atoms with Crippen LogP contribution in [0.25, 0.3) is 0 Å². The fourth-order valence-corrected chi connectivity index (χ4v) is 3.21. The molecule has 0 N–H and O–H groups in total. The molecule has 0 unspecified atom stereocenters. The molecule has 0 radical (unpaired) electrons. The first-order chi connectivity index (χ1) is 9.72. The van der Waals surface area contributed by atoms with Crippen LogP contribution < -0.4 is 4.74 Å². The largest absolute Gasteiger partial charge is 0.487 e. The molecule has 3 heteroatoms. The van der Waals surface area contributed by atoms with Crippen molar-refractivity contribution in [1.29, 1.82) is 0 Å². The van der Waals surface area contributed by atoms with Gasteiger partial charge < -0.3 is 9.47 Å². The summed E-state index contributed by atoms with van der Waals surface area (Å²) >= 11 is 0. The molecule has 2 aliphatic heterocycles. The van der Waals surface area contributed by atoms with Crippen LogP contribution in [0.1, 0.15) is 24.0 Å². The monoisotopic (exact) mass is 275 g/mol. The molecule has 1 aromatic rings. The van der Waals surface area contributed by atoms with Crippen molar-refractivity contribution in [3.05, 3.63) is 29.3 Å². The maximum absolute atomic E-state index is 6.16. The summed E-state index contributed by atoms with van der Waals surface area (Å²) in [6, 6.07) is 6.34. The normalized spacial score (nSPS) is 24.4. The summed E-state index contributed by atoms with van der Waals surface area (Å²) in [5, 5.41) is 0. The van der Waals surface area contributed by atoms with E-state index in [1.54, 1.807) is 0 Å². The molecule has 0 saturated carbocycles. The molecule has 0 spiro atoms. The van der Waals surface area contributed by atoms with Gasteiger partial charge in [0.1, 0.15) is 11.9 Å². The van der Waals surface area contributed by atoms with Gasteiger partial charge in [-0.05, 0) is 43.7 Å². The van der Waals surface area contributed by atoms with Crippen molar-refractivity contribution in [3.63, 3.8) is 0 Å². The average molecular weight is 275 g/mol. The Bertz CT molecular complexity index is 428. The molecule has 0 aliphatic carbocycles. The maximum atomic E-state index is 6.16. The quantitative estimate of drug-likeness (QED) is 0.843. The predicted molar refractivity (Wildman–Crippen MR) is 80.3 cm³/mol. The molecule has 3 rings (SSSR count). The van der Waals surface area contributed by atoms with Gasteiger partial charge in [-0.15, -0.1) is 0 Å². The average Bonchev–Trinajstić information content (AvgIpc) is 2.41.